The highest BCUT2D eigenvalue weighted by molar-refractivity contribution is 8.15. The SMILES string of the molecule is CN(C)S(=O)(=O)NC1=NC2CCCCC2S1. The Morgan fingerprint density at radius 1 is 1.38 bits per heavy atom. The molecule has 0 amide bonds. The molecular formula is C9H17N3O2S2. The van der Waals surface area contributed by atoms with Gasteiger partial charge in [0.2, 0.25) is 0 Å². The van der Waals surface area contributed by atoms with Gasteiger partial charge in [-0.2, -0.15) is 12.7 Å². The standard InChI is InChI=1S/C9H17N3O2S2/c1-12(2)16(13,14)11-9-10-7-5-3-4-6-8(7)15-9/h7-8H,3-6H2,1-2H3,(H,10,11). The minimum Gasteiger partial charge on any atom is -0.257 e. The Morgan fingerprint density at radius 3 is 2.69 bits per heavy atom. The van der Waals surface area contributed by atoms with Crippen molar-refractivity contribution in [2.75, 3.05) is 14.1 Å². The Labute approximate surface area is 101 Å². The number of nitrogens with zero attached hydrogens (tertiary/aromatic N) is 2. The summed E-state index contributed by atoms with van der Waals surface area (Å²) in [6.45, 7) is 0. The third-order valence-electron chi connectivity index (χ3n) is 2.91. The number of rotatable bonds is 2. The van der Waals surface area contributed by atoms with E-state index in [2.05, 4.69) is 9.71 Å². The van der Waals surface area contributed by atoms with E-state index in [1.54, 1.807) is 11.8 Å². The fourth-order valence-corrected chi connectivity index (χ4v) is 4.02. The van der Waals surface area contributed by atoms with Crippen molar-refractivity contribution in [1.29, 1.82) is 0 Å². The van der Waals surface area contributed by atoms with Crippen molar-refractivity contribution < 1.29 is 8.42 Å². The van der Waals surface area contributed by atoms with Gasteiger partial charge in [-0.15, -0.1) is 0 Å². The largest absolute Gasteiger partial charge is 0.302 e. The van der Waals surface area contributed by atoms with Crippen LogP contribution in [-0.2, 0) is 10.2 Å². The zero-order valence-electron chi connectivity index (χ0n) is 9.51. The van der Waals surface area contributed by atoms with Gasteiger partial charge in [0.1, 0.15) is 0 Å². The van der Waals surface area contributed by atoms with Crippen molar-refractivity contribution in [2.45, 2.75) is 37.0 Å². The zero-order valence-corrected chi connectivity index (χ0v) is 11.1. The highest BCUT2D eigenvalue weighted by Gasteiger charge is 2.33. The highest BCUT2D eigenvalue weighted by atomic mass is 32.2. The van der Waals surface area contributed by atoms with Gasteiger partial charge in [-0.25, -0.2) is 4.72 Å². The lowest BCUT2D eigenvalue weighted by molar-refractivity contribution is 0.461. The Morgan fingerprint density at radius 2 is 2.06 bits per heavy atom. The van der Waals surface area contributed by atoms with Crippen LogP contribution < -0.4 is 4.72 Å². The fourth-order valence-electron chi connectivity index (χ4n) is 1.94. The molecule has 0 aromatic carbocycles. The van der Waals surface area contributed by atoms with E-state index in [-0.39, 0.29) is 0 Å². The Kier molecular flexibility index (Phi) is 3.46. The number of thioether (sulfide) groups is 1. The van der Waals surface area contributed by atoms with Gasteiger partial charge >= 0.3 is 10.2 Å². The molecule has 7 heteroatoms. The van der Waals surface area contributed by atoms with Crippen LogP contribution in [0, 0.1) is 0 Å². The smallest absolute Gasteiger partial charge is 0.257 e. The molecule has 0 saturated heterocycles. The molecule has 1 fully saturated rings. The maximum atomic E-state index is 11.6. The number of hydrogen-bond acceptors (Lipinski definition) is 4. The molecule has 2 atom stereocenters. The average Bonchev–Trinajstić information content (AvgIpc) is 2.58. The first kappa shape index (κ1) is 12.2. The van der Waals surface area contributed by atoms with E-state index in [4.69, 9.17) is 0 Å². The molecule has 16 heavy (non-hydrogen) atoms. The molecule has 2 aliphatic rings. The first-order valence-corrected chi connectivity index (χ1v) is 7.76. The van der Waals surface area contributed by atoms with Crippen molar-refractivity contribution in [2.24, 2.45) is 4.99 Å². The van der Waals surface area contributed by atoms with Gasteiger partial charge in [0.05, 0.1) is 6.04 Å². The molecule has 1 aliphatic heterocycles. The Balaban J connectivity index is 2.02. The molecule has 1 N–H and O–H groups in total. The van der Waals surface area contributed by atoms with Crippen LogP contribution in [0.1, 0.15) is 25.7 Å². The average molecular weight is 263 g/mol. The minimum atomic E-state index is -3.39. The zero-order chi connectivity index (χ0) is 11.8. The summed E-state index contributed by atoms with van der Waals surface area (Å²) in [5.74, 6) is 0. The van der Waals surface area contributed by atoms with Gasteiger partial charge in [-0.1, -0.05) is 24.6 Å². The summed E-state index contributed by atoms with van der Waals surface area (Å²) in [6, 6.07) is 0.318. The van der Waals surface area contributed by atoms with Crippen LogP contribution in [0.5, 0.6) is 0 Å². The summed E-state index contributed by atoms with van der Waals surface area (Å²) in [6.07, 6.45) is 4.67. The van der Waals surface area contributed by atoms with Crippen molar-refractivity contribution in [1.82, 2.24) is 9.03 Å². The quantitative estimate of drug-likeness (QED) is 0.801. The molecule has 0 spiro atoms. The lowest BCUT2D eigenvalue weighted by atomic mass is 9.96. The monoisotopic (exact) mass is 263 g/mol. The van der Waals surface area contributed by atoms with Crippen LogP contribution >= 0.6 is 11.8 Å². The van der Waals surface area contributed by atoms with Gasteiger partial charge in [0, 0.05) is 19.3 Å². The molecule has 2 unspecified atom stereocenters. The normalized spacial score (nSPS) is 30.1. The lowest BCUT2D eigenvalue weighted by Crippen LogP contribution is -2.37. The van der Waals surface area contributed by atoms with E-state index in [1.165, 1.54) is 26.9 Å². The molecule has 2 rings (SSSR count). The molecule has 5 nitrogen and oxygen atoms in total. The van der Waals surface area contributed by atoms with E-state index in [0.717, 1.165) is 17.1 Å². The summed E-state index contributed by atoms with van der Waals surface area (Å²) in [5, 5.41) is 1.04. The minimum absolute atomic E-state index is 0.318. The molecule has 1 heterocycles. The van der Waals surface area contributed by atoms with E-state index < -0.39 is 10.2 Å². The van der Waals surface area contributed by atoms with Gasteiger partial charge in [-0.3, -0.25) is 4.99 Å². The van der Waals surface area contributed by atoms with Gasteiger partial charge in [0.25, 0.3) is 0 Å². The summed E-state index contributed by atoms with van der Waals surface area (Å²) in [7, 11) is -0.374. The summed E-state index contributed by atoms with van der Waals surface area (Å²) in [5.41, 5.74) is 0. The third-order valence-corrected chi connectivity index (χ3v) is 5.74. The number of aliphatic imine (C=N–C) groups is 1. The highest BCUT2D eigenvalue weighted by Crippen LogP contribution is 2.36. The molecule has 1 saturated carbocycles. The van der Waals surface area contributed by atoms with Gasteiger partial charge in [-0.05, 0) is 12.8 Å². The van der Waals surface area contributed by atoms with Gasteiger partial charge < -0.3 is 0 Å². The second-order valence-electron chi connectivity index (χ2n) is 4.33. The van der Waals surface area contributed by atoms with Crippen LogP contribution in [0.3, 0.4) is 0 Å². The topological polar surface area (TPSA) is 61.8 Å². The molecule has 92 valence electrons. The summed E-state index contributed by atoms with van der Waals surface area (Å²) in [4.78, 5) is 4.44. The predicted molar refractivity (Wildman–Crippen MR) is 66.8 cm³/mol. The van der Waals surface area contributed by atoms with Crippen LogP contribution in [0.15, 0.2) is 4.99 Å². The van der Waals surface area contributed by atoms with Crippen molar-refractivity contribution in [3.8, 4) is 0 Å². The maximum Gasteiger partial charge on any atom is 0.302 e. The molecule has 0 radical (unpaired) electrons. The summed E-state index contributed by atoms with van der Waals surface area (Å²) < 4.78 is 26.9. The summed E-state index contributed by atoms with van der Waals surface area (Å²) >= 11 is 1.57. The molecule has 0 aromatic rings. The van der Waals surface area contributed by atoms with E-state index in [1.807, 2.05) is 0 Å². The van der Waals surface area contributed by atoms with E-state index in [9.17, 15) is 8.42 Å². The number of hydrogen-bond donors (Lipinski definition) is 1. The van der Waals surface area contributed by atoms with Crippen LogP contribution in [0.4, 0.5) is 0 Å². The van der Waals surface area contributed by atoms with Gasteiger partial charge in [0.15, 0.2) is 5.17 Å². The Bertz CT molecular complexity index is 392. The van der Waals surface area contributed by atoms with Crippen LogP contribution in [0.2, 0.25) is 0 Å². The van der Waals surface area contributed by atoms with E-state index >= 15 is 0 Å². The van der Waals surface area contributed by atoms with Crippen molar-refractivity contribution in [3.05, 3.63) is 0 Å². The van der Waals surface area contributed by atoms with E-state index in [0.29, 0.717) is 16.5 Å². The van der Waals surface area contributed by atoms with Crippen LogP contribution in [0.25, 0.3) is 0 Å². The predicted octanol–water partition coefficient (Wildman–Crippen LogP) is 0.796. The lowest BCUT2D eigenvalue weighted by Gasteiger charge is -2.21. The number of nitrogens with one attached hydrogen (secondary N) is 1. The molecule has 0 bridgehead atoms. The Hall–Kier alpha value is -0.270. The second kappa shape index (κ2) is 4.54. The van der Waals surface area contributed by atoms with Crippen LogP contribution in [-0.4, -0.2) is 43.3 Å². The number of amidine groups is 1. The van der Waals surface area contributed by atoms with Crippen molar-refractivity contribution >= 4 is 27.1 Å². The maximum absolute atomic E-state index is 11.6. The first-order chi connectivity index (χ1) is 7.49. The van der Waals surface area contributed by atoms with Crippen molar-refractivity contribution in [3.63, 3.8) is 0 Å². The molecule has 1 aliphatic carbocycles. The molecule has 0 aromatic heterocycles. The third kappa shape index (κ3) is 2.52. The fraction of sp³-hybridized carbons (Fsp3) is 0.889. The molecular weight excluding hydrogens is 246 g/mol. The first-order valence-electron chi connectivity index (χ1n) is 5.44. The second-order valence-corrected chi connectivity index (χ2v) is 7.44. The number of fused-ring (bicyclic) bond motifs is 1.